The van der Waals surface area contributed by atoms with E-state index in [0.29, 0.717) is 17.5 Å². The summed E-state index contributed by atoms with van der Waals surface area (Å²) in [4.78, 5) is 20.9. The molecule has 11 aromatic rings. The third-order valence-corrected chi connectivity index (χ3v) is 12.3. The van der Waals surface area contributed by atoms with Crippen LogP contribution in [0.15, 0.2) is 164 Å². The lowest BCUT2D eigenvalue weighted by Crippen LogP contribution is -2.00. The summed E-state index contributed by atoms with van der Waals surface area (Å²) in [5.41, 5.74) is 7.14. The monoisotopic (exact) mass is 713 g/mol. The number of hydrogen-bond acceptors (Lipinski definition) is 6. The highest BCUT2D eigenvalue weighted by Crippen LogP contribution is 2.45. The number of nitrogens with zero attached hydrogens (tertiary/aromatic N) is 5. The van der Waals surface area contributed by atoms with E-state index in [9.17, 15) is 0 Å². The number of rotatable bonds is 5. The van der Waals surface area contributed by atoms with Gasteiger partial charge in [0, 0.05) is 68.3 Å². The van der Waals surface area contributed by atoms with Crippen molar-refractivity contribution in [3.63, 3.8) is 0 Å². The Hall–Kier alpha value is -6.54. The third-order valence-electron chi connectivity index (χ3n) is 9.89. The minimum Gasteiger partial charge on any atom is -0.292 e. The summed E-state index contributed by atoms with van der Waals surface area (Å²) >= 11 is 3.57. The third kappa shape index (κ3) is 4.82. The van der Waals surface area contributed by atoms with Crippen LogP contribution in [-0.4, -0.2) is 24.5 Å². The highest BCUT2D eigenvalue weighted by molar-refractivity contribution is 7.26. The Morgan fingerprint density at radius 2 is 0.981 bits per heavy atom. The van der Waals surface area contributed by atoms with Gasteiger partial charge >= 0.3 is 0 Å². The summed E-state index contributed by atoms with van der Waals surface area (Å²) in [6.45, 7) is 0. The fourth-order valence-electron chi connectivity index (χ4n) is 7.51. The first-order valence-corrected chi connectivity index (χ1v) is 19.1. The van der Waals surface area contributed by atoms with Crippen molar-refractivity contribution < 1.29 is 0 Å². The predicted molar refractivity (Wildman–Crippen MR) is 222 cm³/mol. The van der Waals surface area contributed by atoms with Crippen molar-refractivity contribution in [2.24, 2.45) is 0 Å². The smallest absolute Gasteiger partial charge is 0.165 e. The minimum absolute atomic E-state index is 0.650. The Morgan fingerprint density at radius 1 is 0.396 bits per heavy atom. The molecule has 0 aliphatic carbocycles. The van der Waals surface area contributed by atoms with Crippen LogP contribution in [0.4, 0.5) is 0 Å². The summed E-state index contributed by atoms with van der Waals surface area (Å²) in [7, 11) is 0. The second kappa shape index (κ2) is 12.0. The predicted octanol–water partition coefficient (Wildman–Crippen LogP) is 12.6. The Labute approximate surface area is 312 Å². The van der Waals surface area contributed by atoms with Crippen LogP contribution in [0.2, 0.25) is 0 Å². The number of thiophene rings is 2. The van der Waals surface area contributed by atoms with Gasteiger partial charge in [-0.05, 0) is 48.5 Å². The molecule has 0 aliphatic rings. The van der Waals surface area contributed by atoms with Gasteiger partial charge in [-0.2, -0.15) is 0 Å². The molecule has 7 heteroatoms. The highest BCUT2D eigenvalue weighted by atomic mass is 32.1. The number of benzene rings is 7. The molecule has 4 aromatic heterocycles. The number of imidazole rings is 1. The molecular formula is C46H27N5S2. The maximum Gasteiger partial charge on any atom is 0.165 e. The molecule has 11 rings (SSSR count). The van der Waals surface area contributed by atoms with Crippen LogP contribution in [0.5, 0.6) is 0 Å². The maximum absolute atomic E-state index is 5.29. The standard InChI is InChI=1S/C46H27N5S2/c1-3-14-28(15-4-1)43-48-44(50-45(49-43)34-22-11-19-31-30-18-7-10-26-38(30)52-41(31)34)33-21-13-27-39-40(33)32-20-12-23-35(42(32)53-39)46-47-36-24-8-9-25-37(36)51(46)29-16-5-2-6-17-29/h1-27H. The van der Waals surface area contributed by atoms with Crippen molar-refractivity contribution in [1.29, 1.82) is 0 Å². The average Bonchev–Trinajstić information content (AvgIpc) is 3.93. The van der Waals surface area contributed by atoms with Gasteiger partial charge in [-0.1, -0.05) is 115 Å². The van der Waals surface area contributed by atoms with Gasteiger partial charge in [0.25, 0.3) is 0 Å². The maximum atomic E-state index is 5.29. The van der Waals surface area contributed by atoms with E-state index in [1.54, 1.807) is 22.7 Å². The van der Waals surface area contributed by atoms with Crippen LogP contribution in [0.1, 0.15) is 0 Å². The van der Waals surface area contributed by atoms with Gasteiger partial charge in [-0.3, -0.25) is 4.57 Å². The largest absolute Gasteiger partial charge is 0.292 e. The number of para-hydroxylation sites is 3. The van der Waals surface area contributed by atoms with E-state index < -0.39 is 0 Å². The molecule has 0 saturated carbocycles. The average molecular weight is 714 g/mol. The van der Waals surface area contributed by atoms with Gasteiger partial charge in [0.2, 0.25) is 0 Å². The van der Waals surface area contributed by atoms with Crippen molar-refractivity contribution >= 4 is 74.1 Å². The van der Waals surface area contributed by atoms with E-state index >= 15 is 0 Å². The Morgan fingerprint density at radius 3 is 1.85 bits per heavy atom. The molecule has 0 spiro atoms. The quantitative estimate of drug-likeness (QED) is 0.178. The molecule has 0 aliphatic heterocycles. The van der Waals surface area contributed by atoms with E-state index in [1.165, 1.54) is 29.6 Å². The zero-order valence-corrected chi connectivity index (χ0v) is 29.8. The zero-order valence-electron chi connectivity index (χ0n) is 28.1. The number of fused-ring (bicyclic) bond motifs is 7. The molecule has 7 aromatic carbocycles. The molecule has 0 fully saturated rings. The lowest BCUT2D eigenvalue weighted by molar-refractivity contribution is 1.08. The van der Waals surface area contributed by atoms with Crippen LogP contribution in [0.25, 0.3) is 103 Å². The van der Waals surface area contributed by atoms with Gasteiger partial charge in [-0.15, -0.1) is 22.7 Å². The molecular weight excluding hydrogens is 687 g/mol. The molecule has 4 heterocycles. The second-order valence-corrected chi connectivity index (χ2v) is 15.1. The molecule has 0 amide bonds. The van der Waals surface area contributed by atoms with Crippen LogP contribution in [-0.2, 0) is 0 Å². The lowest BCUT2D eigenvalue weighted by Gasteiger charge is -2.11. The first-order chi connectivity index (χ1) is 26.3. The van der Waals surface area contributed by atoms with E-state index in [1.807, 2.05) is 18.2 Å². The summed E-state index contributed by atoms with van der Waals surface area (Å²) < 4.78 is 7.04. The van der Waals surface area contributed by atoms with Crippen molar-refractivity contribution in [3.8, 4) is 51.2 Å². The van der Waals surface area contributed by atoms with Gasteiger partial charge in [0.15, 0.2) is 17.5 Å². The first-order valence-electron chi connectivity index (χ1n) is 17.5. The summed E-state index contributed by atoms with van der Waals surface area (Å²) in [5, 5.41) is 4.75. The van der Waals surface area contributed by atoms with E-state index in [0.717, 1.165) is 55.6 Å². The minimum atomic E-state index is 0.650. The van der Waals surface area contributed by atoms with Gasteiger partial charge in [0.05, 0.1) is 11.0 Å². The topological polar surface area (TPSA) is 56.5 Å². The molecule has 0 atom stereocenters. The number of hydrogen-bond donors (Lipinski definition) is 0. The summed E-state index contributed by atoms with van der Waals surface area (Å²) in [6, 6.07) is 57.1. The van der Waals surface area contributed by atoms with Crippen LogP contribution in [0.3, 0.4) is 0 Å². The first kappa shape index (κ1) is 30.1. The van der Waals surface area contributed by atoms with Crippen LogP contribution in [0, 0.1) is 0 Å². The Bertz CT molecular complexity index is 3180. The summed E-state index contributed by atoms with van der Waals surface area (Å²) in [5.74, 6) is 2.89. The lowest BCUT2D eigenvalue weighted by atomic mass is 10.0. The molecule has 0 radical (unpaired) electrons. The fourth-order valence-corrected chi connectivity index (χ4v) is 9.96. The zero-order chi connectivity index (χ0) is 34.9. The molecule has 248 valence electrons. The van der Waals surface area contributed by atoms with Gasteiger partial charge < -0.3 is 0 Å². The Balaban J connectivity index is 1.16. The fraction of sp³-hybridized carbons (Fsp3) is 0. The highest BCUT2D eigenvalue weighted by Gasteiger charge is 2.22. The van der Waals surface area contributed by atoms with Crippen molar-refractivity contribution in [1.82, 2.24) is 24.5 Å². The van der Waals surface area contributed by atoms with Crippen molar-refractivity contribution in [2.45, 2.75) is 0 Å². The van der Waals surface area contributed by atoms with Crippen molar-refractivity contribution in [2.75, 3.05) is 0 Å². The molecule has 5 nitrogen and oxygen atoms in total. The molecule has 0 saturated heterocycles. The molecule has 0 unspecified atom stereocenters. The van der Waals surface area contributed by atoms with Crippen LogP contribution < -0.4 is 0 Å². The second-order valence-electron chi connectivity index (χ2n) is 13.0. The van der Waals surface area contributed by atoms with E-state index in [-0.39, 0.29) is 0 Å². The van der Waals surface area contributed by atoms with E-state index in [2.05, 4.69) is 150 Å². The normalized spacial score (nSPS) is 11.8. The van der Waals surface area contributed by atoms with E-state index in [4.69, 9.17) is 19.9 Å². The van der Waals surface area contributed by atoms with Crippen molar-refractivity contribution in [3.05, 3.63) is 164 Å². The number of aromatic nitrogens is 5. The molecule has 53 heavy (non-hydrogen) atoms. The Kier molecular flexibility index (Phi) is 6.83. The molecule has 0 N–H and O–H groups in total. The van der Waals surface area contributed by atoms with Crippen LogP contribution >= 0.6 is 22.7 Å². The molecule has 0 bridgehead atoms. The summed E-state index contributed by atoms with van der Waals surface area (Å²) in [6.07, 6.45) is 0. The van der Waals surface area contributed by atoms with Gasteiger partial charge in [-0.25, -0.2) is 19.9 Å². The SMILES string of the molecule is c1ccc(-c2nc(-c3cccc4c3sc3ccccc34)nc(-c3cccc4sc5c(-c6nc7ccccc7n6-c6ccccc6)cccc5c34)n2)cc1. The van der Waals surface area contributed by atoms with Gasteiger partial charge in [0.1, 0.15) is 5.82 Å².